The van der Waals surface area contributed by atoms with Crippen LogP contribution in [-0.2, 0) is 11.0 Å². The topological polar surface area (TPSA) is 83.5 Å². The summed E-state index contributed by atoms with van der Waals surface area (Å²) in [6, 6.07) is 14.9. The van der Waals surface area contributed by atoms with Crippen LogP contribution in [0.5, 0.6) is 0 Å². The van der Waals surface area contributed by atoms with Crippen LogP contribution in [0.4, 0.5) is 27.8 Å². The Balaban J connectivity index is 0.000000610. The van der Waals surface area contributed by atoms with E-state index in [-0.39, 0.29) is 23.3 Å². The van der Waals surface area contributed by atoms with E-state index in [1.807, 2.05) is 88.2 Å². The van der Waals surface area contributed by atoms with Crippen molar-refractivity contribution in [1.29, 1.82) is 0 Å². The maximum Gasteiger partial charge on any atom is 0.419 e. The van der Waals surface area contributed by atoms with Crippen molar-refractivity contribution >= 4 is 23.2 Å². The molecule has 74 heavy (non-hydrogen) atoms. The first-order chi connectivity index (χ1) is 34.9. The average Bonchev–Trinajstić information content (AvgIpc) is 3.36. The number of carbonyl (C=O) groups is 3. The normalized spacial score (nSPS) is 14.9. The largest absolute Gasteiger partial charge is 0.419 e. The molecule has 1 atom stereocenters. The number of hydrogen-bond donors (Lipinski definition) is 0. The summed E-state index contributed by atoms with van der Waals surface area (Å²) in [5.74, 6) is 1.76. The van der Waals surface area contributed by atoms with E-state index in [0.717, 1.165) is 107 Å². The number of hydrogen-bond acceptors (Lipinski definition) is 7. The van der Waals surface area contributed by atoms with Gasteiger partial charge in [-0.05, 0) is 162 Å². The molecule has 0 N–H and O–H groups in total. The molecule has 7 nitrogen and oxygen atoms in total. The summed E-state index contributed by atoms with van der Waals surface area (Å²) in [6.07, 6.45) is 9.23. The van der Waals surface area contributed by atoms with Gasteiger partial charge >= 0.3 is 6.18 Å². The second-order valence-electron chi connectivity index (χ2n) is 21.0. The minimum absolute atomic E-state index is 0.00596. The van der Waals surface area contributed by atoms with Gasteiger partial charge in [0, 0.05) is 72.7 Å². The van der Waals surface area contributed by atoms with Gasteiger partial charge in [-0.1, -0.05) is 111 Å². The zero-order valence-electron chi connectivity index (χ0n) is 46.7. The van der Waals surface area contributed by atoms with Crippen molar-refractivity contribution in [2.75, 3.05) is 37.6 Å². The van der Waals surface area contributed by atoms with Crippen LogP contribution in [0.3, 0.4) is 0 Å². The van der Waals surface area contributed by atoms with E-state index in [2.05, 4.69) is 56.1 Å². The molecule has 0 bridgehead atoms. The molecule has 0 spiro atoms. The maximum absolute atomic E-state index is 14.6. The minimum atomic E-state index is -4.53. The lowest BCUT2D eigenvalue weighted by molar-refractivity contribution is -0.137. The van der Waals surface area contributed by atoms with Gasteiger partial charge in [-0.25, -0.2) is 13.8 Å². The molecule has 0 amide bonds. The predicted molar refractivity (Wildman–Crippen MR) is 296 cm³/mol. The van der Waals surface area contributed by atoms with Crippen LogP contribution in [0.15, 0.2) is 79.3 Å². The monoisotopic (exact) mass is 1030 g/mol. The number of likely N-dealkylation sites (tertiary alicyclic amines) is 1. The van der Waals surface area contributed by atoms with Crippen molar-refractivity contribution in [1.82, 2.24) is 14.9 Å². The lowest BCUT2D eigenvalue weighted by atomic mass is 9.85. The predicted octanol–water partition coefficient (Wildman–Crippen LogP) is 17.2. The molecular formula is C62H87F5N4O3. The number of ketones is 3. The zero-order chi connectivity index (χ0) is 55.3. The Morgan fingerprint density at radius 2 is 1.39 bits per heavy atom. The molecule has 0 radical (unpaired) electrons. The molecule has 2 fully saturated rings. The van der Waals surface area contributed by atoms with Gasteiger partial charge in [0.05, 0.1) is 5.56 Å². The van der Waals surface area contributed by atoms with Gasteiger partial charge in [-0.2, -0.15) is 13.2 Å². The van der Waals surface area contributed by atoms with E-state index in [9.17, 15) is 36.3 Å². The number of Topliss-reactive ketones (excluding diaryl/α,β-unsaturated/α-hetero) is 3. The molecule has 0 aliphatic carbocycles. The Morgan fingerprint density at radius 1 is 0.757 bits per heavy atom. The number of aryl methyl sites for hydroxylation is 1. The lowest BCUT2D eigenvalue weighted by Crippen LogP contribution is -2.38. The van der Waals surface area contributed by atoms with E-state index in [1.165, 1.54) is 37.0 Å². The summed E-state index contributed by atoms with van der Waals surface area (Å²) in [4.78, 5) is 49.3. The average molecular weight is 1030 g/mol. The molecule has 408 valence electrons. The van der Waals surface area contributed by atoms with Gasteiger partial charge in [-0.15, -0.1) is 0 Å². The molecule has 6 rings (SSSR count). The number of pyridine rings is 2. The summed E-state index contributed by atoms with van der Waals surface area (Å²) >= 11 is 0. The van der Waals surface area contributed by atoms with Crippen molar-refractivity contribution in [2.45, 2.75) is 178 Å². The van der Waals surface area contributed by atoms with Crippen molar-refractivity contribution in [3.63, 3.8) is 0 Å². The Morgan fingerprint density at radius 3 is 1.92 bits per heavy atom. The van der Waals surface area contributed by atoms with E-state index < -0.39 is 18.2 Å². The number of halogens is 5. The molecule has 2 aromatic heterocycles. The molecule has 4 heterocycles. The molecule has 2 aliphatic rings. The third-order valence-electron chi connectivity index (χ3n) is 14.3. The molecule has 2 aromatic carbocycles. The number of aromatic nitrogens is 2. The Labute approximate surface area is 441 Å². The van der Waals surface area contributed by atoms with E-state index in [0.29, 0.717) is 64.8 Å². The van der Waals surface area contributed by atoms with Gasteiger partial charge in [0.1, 0.15) is 11.6 Å². The Kier molecular flexibility index (Phi) is 26.5. The molecule has 0 saturated carbocycles. The number of allylic oxidation sites excluding steroid dienone is 1. The summed E-state index contributed by atoms with van der Waals surface area (Å²) in [5, 5.41) is 0. The summed E-state index contributed by atoms with van der Waals surface area (Å²) in [7, 11) is 0. The summed E-state index contributed by atoms with van der Waals surface area (Å²) in [6.45, 7) is 30.7. The van der Waals surface area contributed by atoms with Gasteiger partial charge in [0.25, 0.3) is 0 Å². The van der Waals surface area contributed by atoms with E-state index in [1.54, 1.807) is 12.4 Å². The molecule has 1 unspecified atom stereocenters. The van der Waals surface area contributed by atoms with Crippen molar-refractivity contribution in [3.05, 3.63) is 113 Å². The number of benzene rings is 2. The van der Waals surface area contributed by atoms with E-state index in [4.69, 9.17) is 0 Å². The number of alkyl halides is 5. The highest BCUT2D eigenvalue weighted by molar-refractivity contribution is 6.08. The zero-order valence-corrected chi connectivity index (χ0v) is 46.7. The van der Waals surface area contributed by atoms with Gasteiger partial charge < -0.3 is 9.80 Å². The first-order valence-electron chi connectivity index (χ1n) is 27.2. The highest BCUT2D eigenvalue weighted by Crippen LogP contribution is 2.41. The number of nitrogens with zero attached hydrogens (tertiary/aromatic N) is 4. The lowest BCUT2D eigenvalue weighted by Gasteiger charge is -2.36. The minimum Gasteiger partial charge on any atom is -0.356 e. The second-order valence-corrected chi connectivity index (χ2v) is 21.0. The molecule has 2 aliphatic heterocycles. The van der Waals surface area contributed by atoms with Crippen LogP contribution >= 0.6 is 0 Å². The maximum atomic E-state index is 14.6. The van der Waals surface area contributed by atoms with Crippen LogP contribution in [0, 0.1) is 24.7 Å². The highest BCUT2D eigenvalue weighted by Gasteiger charge is 2.37. The Hall–Kier alpha value is -5.10. The fourth-order valence-corrected chi connectivity index (χ4v) is 9.31. The van der Waals surface area contributed by atoms with Gasteiger partial charge in [0.2, 0.25) is 6.43 Å². The van der Waals surface area contributed by atoms with E-state index >= 15 is 0 Å². The first kappa shape index (κ1) is 63.2. The number of unbranched alkanes of at least 4 members (excludes halogenated alkanes) is 1. The number of piperidine rings is 2. The van der Waals surface area contributed by atoms with Gasteiger partial charge in [-0.3, -0.25) is 19.4 Å². The fraction of sp³-hybridized carbons (Fsp3) is 0.565. The first-order valence-corrected chi connectivity index (χ1v) is 27.2. The third kappa shape index (κ3) is 19.9. The molecule has 4 aromatic rings. The third-order valence-corrected chi connectivity index (χ3v) is 14.3. The standard InChI is InChI=1S/C45H53F3N4O2.C11H20O.C4H10.C2H4F2/c1-28(2)37-11-17-49-27-41(37)38-9-7-34(23-30(38)5)36-25-42(45(46,47)48)44(50-26-36)52-21-13-32(14-22-52)12-18-51-19-15-33(16-20-51)35-8-10-39(31(6)53)40(24-35)43(54)29(3)4;1-5-6-11(12)8-7-10(4)9(2)3;1-3-4-2;1-2(3)4/h7-11,17,23-29,32-33H,12-16,18-22H2,1-6H3;10H,2,5-8H2,1,3-4H3;3-4H2,1-2H3;2H,1H3. The molecule has 12 heteroatoms. The van der Waals surface area contributed by atoms with Crippen LogP contribution < -0.4 is 4.90 Å². The molecule has 2 saturated heterocycles. The summed E-state index contributed by atoms with van der Waals surface area (Å²) < 4.78 is 64.3. The van der Waals surface area contributed by atoms with Crippen LogP contribution in [0.25, 0.3) is 22.3 Å². The second kappa shape index (κ2) is 31.1. The number of carbonyl (C=O) groups excluding carboxylic acids is 3. The SMILES string of the molecule is C=C(C)C(C)CCC(=O)CCC.CC(=O)c1ccc(C2CCN(CCC3CCN(c4ncc(-c5ccc(-c6cnccc6C(C)C)c(C)c5)cc4C(F)(F)F)CC3)CC2)cc1C(=O)C(C)C.CC(F)F.CCCC. The van der Waals surface area contributed by atoms with Crippen LogP contribution in [0.2, 0.25) is 0 Å². The summed E-state index contributed by atoms with van der Waals surface area (Å²) in [5.41, 5.74) is 8.04. The molecular weight excluding hydrogens is 944 g/mol. The van der Waals surface area contributed by atoms with Crippen LogP contribution in [-0.4, -0.2) is 71.4 Å². The van der Waals surface area contributed by atoms with Crippen molar-refractivity contribution in [2.24, 2.45) is 17.8 Å². The highest BCUT2D eigenvalue weighted by atomic mass is 19.4. The number of anilines is 1. The number of rotatable bonds is 18. The fourth-order valence-electron chi connectivity index (χ4n) is 9.31. The van der Waals surface area contributed by atoms with Crippen molar-refractivity contribution < 1.29 is 36.3 Å². The van der Waals surface area contributed by atoms with Crippen molar-refractivity contribution in [3.8, 4) is 22.3 Å². The Bertz CT molecular complexity index is 2390. The van der Waals surface area contributed by atoms with Gasteiger partial charge in [0.15, 0.2) is 11.6 Å². The smallest absolute Gasteiger partial charge is 0.356 e. The van der Waals surface area contributed by atoms with Crippen LogP contribution in [0.1, 0.15) is 202 Å². The quantitative estimate of drug-likeness (QED) is 0.0558.